The van der Waals surface area contributed by atoms with Gasteiger partial charge in [0.05, 0.1) is 23.0 Å². The number of rotatable bonds is 5. The first-order valence-electron chi connectivity index (χ1n) is 9.33. The van der Waals surface area contributed by atoms with E-state index in [1.807, 2.05) is 17.8 Å². The van der Waals surface area contributed by atoms with Crippen molar-refractivity contribution in [3.8, 4) is 17.3 Å². The van der Waals surface area contributed by atoms with Crippen molar-refractivity contribution in [3.63, 3.8) is 0 Å². The van der Waals surface area contributed by atoms with E-state index < -0.39 is 11.7 Å². The number of nitrogens with one attached hydrogen (secondary N) is 3. The van der Waals surface area contributed by atoms with E-state index >= 15 is 0 Å². The number of hydrogen-bond donors (Lipinski definition) is 3. The molecule has 0 bridgehead atoms. The predicted molar refractivity (Wildman–Crippen MR) is 109 cm³/mol. The molecule has 7 nitrogen and oxygen atoms in total. The zero-order valence-corrected chi connectivity index (χ0v) is 16.6. The van der Waals surface area contributed by atoms with Crippen LogP contribution in [0.15, 0.2) is 24.7 Å². The Kier molecular flexibility index (Phi) is 5.78. The largest absolute Gasteiger partial charge is 0.417 e. The van der Waals surface area contributed by atoms with Gasteiger partial charge in [-0.25, -0.2) is 15.0 Å². The van der Waals surface area contributed by atoms with Gasteiger partial charge in [-0.15, -0.1) is 0 Å². The molecular formula is C19H18F3N7S. The molecule has 4 heterocycles. The van der Waals surface area contributed by atoms with Crippen LogP contribution in [0.25, 0.3) is 22.3 Å². The van der Waals surface area contributed by atoms with Crippen LogP contribution in [0.5, 0.6) is 0 Å². The lowest BCUT2D eigenvalue weighted by Gasteiger charge is -2.22. The van der Waals surface area contributed by atoms with Gasteiger partial charge in [0.1, 0.15) is 11.7 Å². The fourth-order valence-electron chi connectivity index (χ4n) is 3.26. The topological polar surface area (TPSA) is 102 Å². The van der Waals surface area contributed by atoms with Gasteiger partial charge >= 0.3 is 6.18 Å². The first-order chi connectivity index (χ1) is 14.5. The van der Waals surface area contributed by atoms with Crippen LogP contribution in [0.3, 0.4) is 0 Å². The van der Waals surface area contributed by atoms with E-state index in [0.717, 1.165) is 37.5 Å². The first-order valence-corrected chi connectivity index (χ1v) is 10.4. The maximum Gasteiger partial charge on any atom is 0.417 e. The number of alkyl halides is 3. The maximum absolute atomic E-state index is 13.1. The Balaban J connectivity index is 1.61. The van der Waals surface area contributed by atoms with Crippen molar-refractivity contribution < 1.29 is 13.2 Å². The first kappa shape index (κ1) is 20.4. The molecule has 1 atom stereocenters. The van der Waals surface area contributed by atoms with Crippen LogP contribution < -0.4 is 10.6 Å². The van der Waals surface area contributed by atoms with Crippen molar-refractivity contribution in [1.82, 2.24) is 25.3 Å². The molecule has 3 aromatic rings. The van der Waals surface area contributed by atoms with Crippen molar-refractivity contribution in [1.29, 1.82) is 5.26 Å². The van der Waals surface area contributed by atoms with Crippen LogP contribution in [0.1, 0.15) is 17.5 Å². The Morgan fingerprint density at radius 1 is 1.30 bits per heavy atom. The molecule has 11 heteroatoms. The van der Waals surface area contributed by atoms with Crippen molar-refractivity contribution in [2.75, 3.05) is 30.7 Å². The molecule has 1 aliphatic heterocycles. The second-order valence-electron chi connectivity index (χ2n) is 6.80. The summed E-state index contributed by atoms with van der Waals surface area (Å²) in [4.78, 5) is 15.3. The number of nitrogens with zero attached hydrogens (tertiary/aromatic N) is 4. The molecule has 0 aliphatic carbocycles. The predicted octanol–water partition coefficient (Wildman–Crippen LogP) is 3.42. The summed E-state index contributed by atoms with van der Waals surface area (Å²) < 4.78 is 39.3. The van der Waals surface area contributed by atoms with E-state index in [2.05, 4.69) is 30.6 Å². The Morgan fingerprint density at radius 2 is 2.17 bits per heavy atom. The molecule has 1 unspecified atom stereocenters. The van der Waals surface area contributed by atoms with Gasteiger partial charge in [-0.2, -0.15) is 30.2 Å². The van der Waals surface area contributed by atoms with Crippen molar-refractivity contribution in [2.24, 2.45) is 0 Å². The Labute approximate surface area is 174 Å². The second kappa shape index (κ2) is 8.49. The number of aromatic amines is 1. The number of fused-ring (bicyclic) bond motifs is 1. The standard InChI is InChI=1S/C19H18F3N7S/c20-19(21,22)12-5-14-15(10-27-17(14)26-8-12)16-11(6-23)7-28-18(29-16)25-2-1-13-9-24-3-4-30-13/h5,7-8,10,13,24H,1-4,9H2,(H,26,27)(H,25,28,29). The van der Waals surface area contributed by atoms with Gasteiger partial charge in [0.25, 0.3) is 0 Å². The summed E-state index contributed by atoms with van der Waals surface area (Å²) in [6.07, 6.45) is 0.0654. The molecule has 1 aliphatic rings. The molecule has 0 radical (unpaired) electrons. The molecule has 0 saturated carbocycles. The van der Waals surface area contributed by atoms with Crippen molar-refractivity contribution in [3.05, 3.63) is 35.8 Å². The summed E-state index contributed by atoms with van der Waals surface area (Å²) in [7, 11) is 0. The highest BCUT2D eigenvalue weighted by molar-refractivity contribution is 8.00. The minimum Gasteiger partial charge on any atom is -0.354 e. The number of hydrogen-bond acceptors (Lipinski definition) is 7. The highest BCUT2D eigenvalue weighted by Crippen LogP contribution is 2.34. The summed E-state index contributed by atoms with van der Waals surface area (Å²) in [5, 5.41) is 16.7. The van der Waals surface area contributed by atoms with Gasteiger partial charge in [-0.05, 0) is 12.5 Å². The third-order valence-electron chi connectivity index (χ3n) is 4.78. The highest BCUT2D eigenvalue weighted by Gasteiger charge is 2.31. The minimum atomic E-state index is -4.52. The van der Waals surface area contributed by atoms with Crippen LogP contribution in [0.2, 0.25) is 0 Å². The van der Waals surface area contributed by atoms with Crippen LogP contribution in [0, 0.1) is 11.3 Å². The summed E-state index contributed by atoms with van der Waals surface area (Å²) in [5.41, 5.74) is 0.233. The van der Waals surface area contributed by atoms with E-state index in [4.69, 9.17) is 0 Å². The van der Waals surface area contributed by atoms with E-state index in [-0.39, 0.29) is 22.3 Å². The molecule has 0 spiro atoms. The number of nitriles is 1. The lowest BCUT2D eigenvalue weighted by atomic mass is 10.1. The van der Waals surface area contributed by atoms with E-state index in [1.54, 1.807) is 0 Å². The van der Waals surface area contributed by atoms with Gasteiger partial charge < -0.3 is 15.6 Å². The average molecular weight is 433 g/mol. The van der Waals surface area contributed by atoms with E-state index in [1.165, 1.54) is 12.4 Å². The van der Waals surface area contributed by atoms with Crippen LogP contribution in [-0.2, 0) is 6.18 Å². The summed E-state index contributed by atoms with van der Waals surface area (Å²) >= 11 is 1.92. The highest BCUT2D eigenvalue weighted by atomic mass is 32.2. The molecule has 30 heavy (non-hydrogen) atoms. The van der Waals surface area contributed by atoms with Gasteiger partial charge in [0.2, 0.25) is 5.95 Å². The molecular weight excluding hydrogens is 415 g/mol. The average Bonchev–Trinajstić information content (AvgIpc) is 3.17. The summed E-state index contributed by atoms with van der Waals surface area (Å²) in [6, 6.07) is 3.02. The number of anilines is 1. The van der Waals surface area contributed by atoms with Gasteiger partial charge in [0, 0.05) is 54.0 Å². The molecule has 156 valence electrons. The quantitative estimate of drug-likeness (QED) is 0.567. The number of H-pyrrole nitrogens is 1. The molecule has 0 aromatic carbocycles. The SMILES string of the molecule is N#Cc1cnc(NCCC2CNCCS2)nc1-c1c[nH]c2ncc(C(F)(F)F)cc12. The fraction of sp³-hybridized carbons (Fsp3) is 0.368. The number of pyridine rings is 1. The lowest BCUT2D eigenvalue weighted by molar-refractivity contribution is -0.137. The van der Waals surface area contributed by atoms with Crippen LogP contribution in [-0.4, -0.2) is 50.6 Å². The normalized spacial score (nSPS) is 17.1. The third kappa shape index (κ3) is 4.34. The van der Waals surface area contributed by atoms with E-state index in [0.29, 0.717) is 23.3 Å². The molecule has 4 rings (SSSR count). The molecule has 3 aromatic heterocycles. The Morgan fingerprint density at radius 3 is 2.90 bits per heavy atom. The fourth-order valence-corrected chi connectivity index (χ4v) is 4.37. The minimum absolute atomic E-state index is 0.172. The van der Waals surface area contributed by atoms with Crippen molar-refractivity contribution in [2.45, 2.75) is 17.8 Å². The van der Waals surface area contributed by atoms with Gasteiger partial charge in [0.15, 0.2) is 0 Å². The van der Waals surface area contributed by atoms with Gasteiger partial charge in [-0.3, -0.25) is 0 Å². The number of thioether (sulfide) groups is 1. The molecule has 1 saturated heterocycles. The Bertz CT molecular complexity index is 1080. The molecule has 1 fully saturated rings. The summed E-state index contributed by atoms with van der Waals surface area (Å²) in [6.45, 7) is 2.63. The Hall–Kier alpha value is -2.84. The van der Waals surface area contributed by atoms with Crippen LogP contribution >= 0.6 is 11.8 Å². The monoisotopic (exact) mass is 433 g/mol. The summed E-state index contributed by atoms with van der Waals surface area (Å²) in [5.74, 6) is 1.41. The van der Waals surface area contributed by atoms with E-state index in [9.17, 15) is 18.4 Å². The van der Waals surface area contributed by atoms with Crippen LogP contribution in [0.4, 0.5) is 19.1 Å². The molecule has 3 N–H and O–H groups in total. The smallest absolute Gasteiger partial charge is 0.354 e. The molecule has 0 amide bonds. The lowest BCUT2D eigenvalue weighted by Crippen LogP contribution is -2.33. The maximum atomic E-state index is 13.1. The van der Waals surface area contributed by atoms with Crippen molar-refractivity contribution >= 4 is 28.7 Å². The second-order valence-corrected chi connectivity index (χ2v) is 8.21. The zero-order chi connectivity index (χ0) is 21.1. The van der Waals surface area contributed by atoms with Gasteiger partial charge in [-0.1, -0.05) is 0 Å². The third-order valence-corrected chi connectivity index (χ3v) is 6.09. The zero-order valence-electron chi connectivity index (χ0n) is 15.8. The number of aromatic nitrogens is 4. The number of halogens is 3.